The SMILES string of the molecule is Cc1cc(F)c(Br)cc1Nc1ncc(N)cn1. The van der Waals surface area contributed by atoms with Gasteiger partial charge in [-0.25, -0.2) is 14.4 Å². The molecule has 0 bridgehead atoms. The van der Waals surface area contributed by atoms with Crippen molar-refractivity contribution in [3.63, 3.8) is 0 Å². The molecule has 0 fully saturated rings. The molecule has 0 atom stereocenters. The smallest absolute Gasteiger partial charge is 0.227 e. The first-order chi connectivity index (χ1) is 8.06. The van der Waals surface area contributed by atoms with Crippen molar-refractivity contribution in [2.75, 3.05) is 11.1 Å². The van der Waals surface area contributed by atoms with E-state index in [9.17, 15) is 4.39 Å². The summed E-state index contributed by atoms with van der Waals surface area (Å²) in [6.45, 7) is 1.80. The molecule has 0 amide bonds. The van der Waals surface area contributed by atoms with Gasteiger partial charge in [-0.05, 0) is 40.5 Å². The van der Waals surface area contributed by atoms with Crippen LogP contribution in [0.2, 0.25) is 0 Å². The fraction of sp³-hybridized carbons (Fsp3) is 0.0909. The normalized spacial score (nSPS) is 10.3. The number of hydrogen-bond donors (Lipinski definition) is 2. The van der Waals surface area contributed by atoms with E-state index in [0.29, 0.717) is 16.1 Å². The zero-order valence-corrected chi connectivity index (χ0v) is 10.6. The molecular weight excluding hydrogens is 287 g/mol. The minimum atomic E-state index is -0.300. The van der Waals surface area contributed by atoms with Crippen molar-refractivity contribution < 1.29 is 4.39 Å². The van der Waals surface area contributed by atoms with Crippen molar-refractivity contribution in [1.29, 1.82) is 0 Å². The number of nitrogen functional groups attached to an aromatic ring is 1. The number of hydrogen-bond acceptors (Lipinski definition) is 4. The summed E-state index contributed by atoms with van der Waals surface area (Å²) in [6.07, 6.45) is 3.01. The Balaban J connectivity index is 2.30. The van der Waals surface area contributed by atoms with Crippen molar-refractivity contribution in [1.82, 2.24) is 9.97 Å². The minimum absolute atomic E-state index is 0.300. The van der Waals surface area contributed by atoms with E-state index in [1.165, 1.54) is 18.5 Å². The second kappa shape index (κ2) is 4.67. The highest BCUT2D eigenvalue weighted by Crippen LogP contribution is 2.25. The van der Waals surface area contributed by atoms with Crippen LogP contribution in [0, 0.1) is 12.7 Å². The number of benzene rings is 1. The van der Waals surface area contributed by atoms with E-state index in [4.69, 9.17) is 5.73 Å². The Labute approximate surface area is 106 Å². The summed E-state index contributed by atoms with van der Waals surface area (Å²) in [5, 5.41) is 2.99. The molecule has 0 aliphatic heterocycles. The van der Waals surface area contributed by atoms with Crippen molar-refractivity contribution in [3.05, 3.63) is 40.4 Å². The number of aryl methyl sites for hydroxylation is 1. The number of nitrogens with one attached hydrogen (secondary N) is 1. The van der Waals surface area contributed by atoms with E-state index in [1.807, 2.05) is 0 Å². The van der Waals surface area contributed by atoms with Crippen molar-refractivity contribution >= 4 is 33.3 Å². The van der Waals surface area contributed by atoms with Crippen LogP contribution in [-0.2, 0) is 0 Å². The molecule has 0 saturated carbocycles. The van der Waals surface area contributed by atoms with Gasteiger partial charge < -0.3 is 11.1 Å². The molecule has 0 unspecified atom stereocenters. The average molecular weight is 297 g/mol. The molecule has 1 aromatic carbocycles. The van der Waals surface area contributed by atoms with E-state index >= 15 is 0 Å². The predicted molar refractivity (Wildman–Crippen MR) is 68.6 cm³/mol. The Hall–Kier alpha value is -1.69. The quantitative estimate of drug-likeness (QED) is 0.894. The molecule has 0 radical (unpaired) electrons. The summed E-state index contributed by atoms with van der Waals surface area (Å²) >= 11 is 3.13. The molecule has 0 spiro atoms. The minimum Gasteiger partial charge on any atom is -0.396 e. The molecule has 3 N–H and O–H groups in total. The summed E-state index contributed by atoms with van der Waals surface area (Å²) in [4.78, 5) is 8.02. The highest BCUT2D eigenvalue weighted by Gasteiger charge is 2.06. The first kappa shape index (κ1) is 11.8. The predicted octanol–water partition coefficient (Wildman–Crippen LogP) is 3.01. The Bertz CT molecular complexity index is 542. The lowest BCUT2D eigenvalue weighted by Crippen LogP contribution is -2.00. The number of nitrogens with zero attached hydrogens (tertiary/aromatic N) is 2. The summed E-state index contributed by atoms with van der Waals surface area (Å²) in [5.41, 5.74) is 7.49. The summed E-state index contributed by atoms with van der Waals surface area (Å²) < 4.78 is 13.6. The molecule has 2 rings (SSSR count). The molecule has 4 nitrogen and oxygen atoms in total. The lowest BCUT2D eigenvalue weighted by atomic mass is 10.2. The van der Waals surface area contributed by atoms with Crippen LogP contribution >= 0.6 is 15.9 Å². The topological polar surface area (TPSA) is 63.8 Å². The number of rotatable bonds is 2. The maximum atomic E-state index is 13.2. The van der Waals surface area contributed by atoms with E-state index in [0.717, 1.165) is 11.3 Å². The third-order valence-corrected chi connectivity index (χ3v) is 2.79. The lowest BCUT2D eigenvalue weighted by Gasteiger charge is -2.09. The number of nitrogens with two attached hydrogens (primary N) is 1. The largest absolute Gasteiger partial charge is 0.396 e. The van der Waals surface area contributed by atoms with Gasteiger partial charge in [-0.2, -0.15) is 0 Å². The second-order valence-corrected chi connectivity index (χ2v) is 4.40. The first-order valence-electron chi connectivity index (χ1n) is 4.86. The average Bonchev–Trinajstić information content (AvgIpc) is 2.29. The van der Waals surface area contributed by atoms with Gasteiger partial charge in [-0.3, -0.25) is 0 Å². The van der Waals surface area contributed by atoms with Crippen molar-refractivity contribution in [3.8, 4) is 0 Å². The molecule has 6 heteroatoms. The molecular formula is C11H10BrFN4. The molecule has 0 saturated heterocycles. The Kier molecular flexibility index (Phi) is 3.23. The first-order valence-corrected chi connectivity index (χ1v) is 5.66. The van der Waals surface area contributed by atoms with E-state index in [-0.39, 0.29) is 5.82 Å². The summed E-state index contributed by atoms with van der Waals surface area (Å²) in [5.74, 6) is 0.118. The maximum Gasteiger partial charge on any atom is 0.227 e. The van der Waals surface area contributed by atoms with Gasteiger partial charge in [0.1, 0.15) is 5.82 Å². The standard InChI is InChI=1S/C11H10BrFN4/c1-6-2-9(13)8(12)3-10(6)17-11-15-4-7(14)5-16-11/h2-5H,14H2,1H3,(H,15,16,17). The molecule has 88 valence electrons. The van der Waals surface area contributed by atoms with Crippen LogP contribution in [0.25, 0.3) is 0 Å². The fourth-order valence-electron chi connectivity index (χ4n) is 1.30. The molecule has 17 heavy (non-hydrogen) atoms. The van der Waals surface area contributed by atoms with Gasteiger partial charge in [0, 0.05) is 5.69 Å². The summed E-state index contributed by atoms with van der Waals surface area (Å²) in [7, 11) is 0. The highest BCUT2D eigenvalue weighted by molar-refractivity contribution is 9.10. The monoisotopic (exact) mass is 296 g/mol. The van der Waals surface area contributed by atoms with Crippen LogP contribution in [-0.4, -0.2) is 9.97 Å². The molecule has 1 heterocycles. The molecule has 0 aliphatic rings. The highest BCUT2D eigenvalue weighted by atomic mass is 79.9. The second-order valence-electron chi connectivity index (χ2n) is 3.55. The van der Waals surface area contributed by atoms with Crippen LogP contribution in [0.1, 0.15) is 5.56 Å². The van der Waals surface area contributed by atoms with E-state index in [2.05, 4.69) is 31.2 Å². The third kappa shape index (κ3) is 2.71. The lowest BCUT2D eigenvalue weighted by molar-refractivity contribution is 0.620. The number of aromatic nitrogens is 2. The van der Waals surface area contributed by atoms with Crippen LogP contribution in [0.3, 0.4) is 0 Å². The van der Waals surface area contributed by atoms with E-state index in [1.54, 1.807) is 13.0 Å². The van der Waals surface area contributed by atoms with Gasteiger partial charge in [-0.15, -0.1) is 0 Å². The van der Waals surface area contributed by atoms with Crippen LogP contribution in [0.4, 0.5) is 21.7 Å². The fourth-order valence-corrected chi connectivity index (χ4v) is 1.65. The Morgan fingerprint density at radius 2 is 1.94 bits per heavy atom. The Morgan fingerprint density at radius 3 is 2.59 bits per heavy atom. The maximum absolute atomic E-state index is 13.2. The van der Waals surface area contributed by atoms with Gasteiger partial charge in [-0.1, -0.05) is 0 Å². The molecule has 0 aliphatic carbocycles. The van der Waals surface area contributed by atoms with Gasteiger partial charge in [0.05, 0.1) is 22.6 Å². The third-order valence-electron chi connectivity index (χ3n) is 2.19. The number of halogens is 2. The summed E-state index contributed by atoms with van der Waals surface area (Å²) in [6, 6.07) is 3.08. The molecule has 2 aromatic rings. The van der Waals surface area contributed by atoms with Crippen LogP contribution < -0.4 is 11.1 Å². The van der Waals surface area contributed by atoms with Crippen LogP contribution in [0.5, 0.6) is 0 Å². The van der Waals surface area contributed by atoms with E-state index < -0.39 is 0 Å². The van der Waals surface area contributed by atoms with Gasteiger partial charge in [0.2, 0.25) is 5.95 Å². The molecule has 1 aromatic heterocycles. The van der Waals surface area contributed by atoms with Crippen LogP contribution in [0.15, 0.2) is 29.0 Å². The van der Waals surface area contributed by atoms with Crippen molar-refractivity contribution in [2.24, 2.45) is 0 Å². The van der Waals surface area contributed by atoms with Crippen molar-refractivity contribution in [2.45, 2.75) is 6.92 Å². The van der Waals surface area contributed by atoms with Gasteiger partial charge in [0.15, 0.2) is 0 Å². The van der Waals surface area contributed by atoms with Gasteiger partial charge in [0.25, 0.3) is 0 Å². The zero-order valence-electron chi connectivity index (χ0n) is 9.04. The number of anilines is 3. The van der Waals surface area contributed by atoms with Gasteiger partial charge >= 0.3 is 0 Å². The Morgan fingerprint density at radius 1 is 1.29 bits per heavy atom. The zero-order chi connectivity index (χ0) is 12.4.